The van der Waals surface area contributed by atoms with Crippen molar-refractivity contribution >= 4 is 23.4 Å². The molecule has 4 rings (SSSR count). The van der Waals surface area contributed by atoms with E-state index in [1.165, 1.54) is 12.3 Å². The van der Waals surface area contributed by atoms with Crippen LogP contribution in [0.15, 0.2) is 17.1 Å². The molecule has 1 unspecified atom stereocenters. The molecule has 38 heavy (non-hydrogen) atoms. The zero-order valence-corrected chi connectivity index (χ0v) is 22.6. The molecule has 2 aliphatic heterocycles. The van der Waals surface area contributed by atoms with Gasteiger partial charge in [0.25, 0.3) is 11.5 Å². The first-order valence-electron chi connectivity index (χ1n) is 13.2. The second-order valence-corrected chi connectivity index (χ2v) is 11.1. The van der Waals surface area contributed by atoms with Crippen molar-refractivity contribution in [2.75, 3.05) is 52.5 Å². The highest BCUT2D eigenvalue weighted by Crippen LogP contribution is 2.28. The first-order chi connectivity index (χ1) is 18.0. The Morgan fingerprint density at radius 2 is 1.87 bits per heavy atom. The number of hydrogen-bond donors (Lipinski definition) is 2. The Bertz CT molecular complexity index is 1220. The van der Waals surface area contributed by atoms with Crippen molar-refractivity contribution in [3.63, 3.8) is 0 Å². The third-order valence-corrected chi connectivity index (χ3v) is 6.95. The van der Waals surface area contributed by atoms with Crippen LogP contribution in [0, 0.1) is 5.92 Å². The van der Waals surface area contributed by atoms with Crippen LogP contribution in [-0.4, -0.2) is 100 Å². The monoisotopic (exact) mass is 530 g/mol. The van der Waals surface area contributed by atoms with Crippen molar-refractivity contribution < 1.29 is 23.9 Å². The highest BCUT2D eigenvalue weighted by molar-refractivity contribution is 6.01. The average molecular weight is 531 g/mol. The Balaban J connectivity index is 1.39. The Morgan fingerprint density at radius 3 is 2.53 bits per heavy atom. The van der Waals surface area contributed by atoms with E-state index in [2.05, 4.69) is 20.3 Å². The number of nitrogens with zero attached hydrogens (tertiary/aromatic N) is 4. The molecule has 0 bridgehead atoms. The molecule has 2 fully saturated rings. The van der Waals surface area contributed by atoms with Gasteiger partial charge in [-0.15, -0.1) is 0 Å². The Hall–Kier alpha value is -3.25. The molecule has 2 aliphatic rings. The molecule has 0 saturated carbocycles. The summed E-state index contributed by atoms with van der Waals surface area (Å²) >= 11 is 0. The predicted octanol–water partition coefficient (Wildman–Crippen LogP) is 1.40. The number of morpholine rings is 1. The van der Waals surface area contributed by atoms with E-state index < -0.39 is 11.5 Å². The van der Waals surface area contributed by atoms with E-state index in [0.717, 1.165) is 13.1 Å². The normalized spacial score (nSPS) is 18.4. The maximum atomic E-state index is 12.9. The van der Waals surface area contributed by atoms with Gasteiger partial charge in [0.15, 0.2) is 5.78 Å². The molecule has 0 radical (unpaired) electrons. The molecule has 2 N–H and O–H groups in total. The molecule has 2 amide bonds. The first kappa shape index (κ1) is 27.8. The van der Waals surface area contributed by atoms with Crippen molar-refractivity contribution in [1.29, 1.82) is 0 Å². The molecule has 0 aliphatic carbocycles. The summed E-state index contributed by atoms with van der Waals surface area (Å²) in [6, 6.07) is 1.49. The molecule has 0 spiro atoms. The third-order valence-electron chi connectivity index (χ3n) is 6.95. The number of ether oxygens (including phenoxy) is 2. The van der Waals surface area contributed by atoms with E-state index in [0.29, 0.717) is 51.4 Å². The molecule has 12 nitrogen and oxygen atoms in total. The SMILES string of the molecule is CC(CN1CCOCC1)C(=O)CNC(=O)c1cnn2c(C3CCN(C(=O)OC(C)(C)C)CC3)cc(=O)[nH]c12. The van der Waals surface area contributed by atoms with Crippen LogP contribution < -0.4 is 10.9 Å². The van der Waals surface area contributed by atoms with Gasteiger partial charge in [-0.05, 0) is 33.6 Å². The number of ketones is 1. The molecule has 208 valence electrons. The van der Waals surface area contributed by atoms with Crippen molar-refractivity contribution in [3.8, 4) is 0 Å². The number of rotatable bonds is 7. The van der Waals surface area contributed by atoms with E-state index in [9.17, 15) is 19.2 Å². The van der Waals surface area contributed by atoms with Gasteiger partial charge in [-0.2, -0.15) is 5.10 Å². The first-order valence-corrected chi connectivity index (χ1v) is 13.2. The van der Waals surface area contributed by atoms with E-state index in [1.54, 1.807) is 9.42 Å². The van der Waals surface area contributed by atoms with Crippen LogP contribution in [0.4, 0.5) is 4.79 Å². The summed E-state index contributed by atoms with van der Waals surface area (Å²) in [5.41, 5.74) is 0.260. The maximum Gasteiger partial charge on any atom is 0.410 e. The minimum Gasteiger partial charge on any atom is -0.444 e. The highest BCUT2D eigenvalue weighted by atomic mass is 16.6. The number of hydrogen-bond acceptors (Lipinski definition) is 8. The van der Waals surface area contributed by atoms with Crippen LogP contribution in [0.3, 0.4) is 0 Å². The van der Waals surface area contributed by atoms with Gasteiger partial charge < -0.3 is 24.7 Å². The number of H-pyrrole nitrogens is 1. The second kappa shape index (κ2) is 11.6. The largest absolute Gasteiger partial charge is 0.444 e. The predicted molar refractivity (Wildman–Crippen MR) is 139 cm³/mol. The third kappa shape index (κ3) is 6.79. The number of carbonyl (C=O) groups is 3. The summed E-state index contributed by atoms with van der Waals surface area (Å²) in [4.78, 5) is 57.1. The Morgan fingerprint density at radius 1 is 1.18 bits per heavy atom. The molecule has 1 atom stereocenters. The number of likely N-dealkylation sites (tertiary alicyclic amines) is 1. The highest BCUT2D eigenvalue weighted by Gasteiger charge is 2.29. The van der Waals surface area contributed by atoms with Gasteiger partial charge in [-0.3, -0.25) is 19.3 Å². The number of aromatic nitrogens is 3. The fraction of sp³-hybridized carbons (Fsp3) is 0.654. The minimum atomic E-state index is -0.565. The molecule has 4 heterocycles. The van der Waals surface area contributed by atoms with Crippen molar-refractivity contribution in [2.24, 2.45) is 5.92 Å². The maximum absolute atomic E-state index is 12.9. The summed E-state index contributed by atoms with van der Waals surface area (Å²) in [6.07, 6.45) is 2.32. The number of aromatic amines is 1. The molecule has 2 aromatic rings. The van der Waals surface area contributed by atoms with Gasteiger partial charge in [0, 0.05) is 50.6 Å². The van der Waals surface area contributed by atoms with E-state index in [-0.39, 0.29) is 47.0 Å². The van der Waals surface area contributed by atoms with Gasteiger partial charge >= 0.3 is 6.09 Å². The lowest BCUT2D eigenvalue weighted by Crippen LogP contribution is -2.42. The molecular formula is C26H38N6O6. The van der Waals surface area contributed by atoms with Crippen LogP contribution in [-0.2, 0) is 14.3 Å². The van der Waals surface area contributed by atoms with Gasteiger partial charge in [0.1, 0.15) is 16.8 Å². The topological polar surface area (TPSA) is 138 Å². The Kier molecular flexibility index (Phi) is 8.51. The Labute approximate surface area is 221 Å². The summed E-state index contributed by atoms with van der Waals surface area (Å²) in [6.45, 7) is 11.8. The van der Waals surface area contributed by atoms with Crippen LogP contribution in [0.2, 0.25) is 0 Å². The van der Waals surface area contributed by atoms with Gasteiger partial charge in [0.2, 0.25) is 0 Å². The number of nitrogens with one attached hydrogen (secondary N) is 2. The molecule has 0 aromatic carbocycles. The lowest BCUT2D eigenvalue weighted by Gasteiger charge is -2.33. The number of amides is 2. The molecule has 12 heteroatoms. The fourth-order valence-electron chi connectivity index (χ4n) is 4.86. The smallest absolute Gasteiger partial charge is 0.410 e. The molecular weight excluding hydrogens is 492 g/mol. The van der Waals surface area contributed by atoms with Gasteiger partial charge in [-0.1, -0.05) is 6.92 Å². The minimum absolute atomic E-state index is 0.0167. The lowest BCUT2D eigenvalue weighted by molar-refractivity contribution is -0.122. The lowest BCUT2D eigenvalue weighted by atomic mass is 9.93. The van der Waals surface area contributed by atoms with Gasteiger partial charge in [0.05, 0.1) is 31.6 Å². The quantitative estimate of drug-likeness (QED) is 0.548. The van der Waals surface area contributed by atoms with Crippen LogP contribution in [0.5, 0.6) is 0 Å². The van der Waals surface area contributed by atoms with Crippen LogP contribution in [0.25, 0.3) is 5.65 Å². The molecule has 2 aromatic heterocycles. The molecule has 2 saturated heterocycles. The zero-order valence-electron chi connectivity index (χ0n) is 22.6. The fourth-order valence-corrected chi connectivity index (χ4v) is 4.86. The summed E-state index contributed by atoms with van der Waals surface area (Å²) in [5, 5.41) is 7.06. The number of piperidine rings is 1. The summed E-state index contributed by atoms with van der Waals surface area (Å²) in [7, 11) is 0. The number of fused-ring (bicyclic) bond motifs is 1. The van der Waals surface area contributed by atoms with E-state index in [4.69, 9.17) is 9.47 Å². The van der Waals surface area contributed by atoms with E-state index in [1.807, 2.05) is 27.7 Å². The van der Waals surface area contributed by atoms with Crippen LogP contribution in [0.1, 0.15) is 62.5 Å². The summed E-state index contributed by atoms with van der Waals surface area (Å²) in [5.74, 6) is -0.779. The van der Waals surface area contributed by atoms with Crippen LogP contribution >= 0.6 is 0 Å². The van der Waals surface area contributed by atoms with Crippen molar-refractivity contribution in [2.45, 2.75) is 52.1 Å². The van der Waals surface area contributed by atoms with Gasteiger partial charge in [-0.25, -0.2) is 9.31 Å². The summed E-state index contributed by atoms with van der Waals surface area (Å²) < 4.78 is 12.4. The second-order valence-electron chi connectivity index (χ2n) is 11.1. The van der Waals surface area contributed by atoms with Crippen molar-refractivity contribution in [1.82, 2.24) is 29.7 Å². The van der Waals surface area contributed by atoms with E-state index >= 15 is 0 Å². The zero-order chi connectivity index (χ0) is 27.4. The number of Topliss-reactive ketones (excluding diaryl/α,β-unsaturated/α-hetero) is 1. The standard InChI is InChI=1S/C26H38N6O6/c1-17(16-30-9-11-37-12-10-30)21(33)15-27-24(35)19-14-28-32-20(13-22(34)29-23(19)32)18-5-7-31(8-6-18)25(36)38-26(2,3)4/h13-14,17-18H,5-12,15-16H2,1-4H3,(H,27,35)(H,29,34). The van der Waals surface area contributed by atoms with Crippen molar-refractivity contribution in [3.05, 3.63) is 33.9 Å². The average Bonchev–Trinajstić information content (AvgIpc) is 3.30. The number of carbonyl (C=O) groups excluding carboxylic acids is 3.